The zero-order chi connectivity index (χ0) is 17.7. The number of aliphatic hydroxyl groups is 1. The van der Waals surface area contributed by atoms with Gasteiger partial charge in [-0.1, -0.05) is 32.9 Å². The third-order valence-corrected chi connectivity index (χ3v) is 3.28. The van der Waals surface area contributed by atoms with Gasteiger partial charge < -0.3 is 15.2 Å². The molecule has 6 nitrogen and oxygen atoms in total. The molecule has 0 saturated heterocycles. The van der Waals surface area contributed by atoms with Crippen LogP contribution in [0.2, 0.25) is 0 Å². The molecule has 0 aliphatic heterocycles. The number of hydrogen-bond acceptors (Lipinski definition) is 5. The Morgan fingerprint density at radius 2 is 1.87 bits per heavy atom. The highest BCUT2D eigenvalue weighted by atomic mass is 16.6. The standard InChI is InChI=1S/C17H28N2O4/c1-16(2,3)12-17(4,5)18-10-13(20)11-23-15-9-7-6-8-14(15)19(21)22/h6-9,13,18,20H,10-12H2,1-5H3. The number of nitro groups is 1. The fraction of sp³-hybridized carbons (Fsp3) is 0.647. The summed E-state index contributed by atoms with van der Waals surface area (Å²) >= 11 is 0. The average molecular weight is 324 g/mol. The Morgan fingerprint density at radius 3 is 2.43 bits per heavy atom. The van der Waals surface area contributed by atoms with E-state index in [9.17, 15) is 15.2 Å². The molecule has 0 amide bonds. The first-order valence-corrected chi connectivity index (χ1v) is 7.79. The van der Waals surface area contributed by atoms with Crippen molar-refractivity contribution in [1.29, 1.82) is 0 Å². The maximum absolute atomic E-state index is 10.9. The molecule has 0 aliphatic carbocycles. The van der Waals surface area contributed by atoms with Crippen molar-refractivity contribution in [3.8, 4) is 5.75 Å². The van der Waals surface area contributed by atoms with E-state index in [0.29, 0.717) is 6.54 Å². The Morgan fingerprint density at radius 1 is 1.26 bits per heavy atom. The van der Waals surface area contributed by atoms with Crippen LogP contribution in [0.3, 0.4) is 0 Å². The highest BCUT2D eigenvalue weighted by molar-refractivity contribution is 5.45. The number of rotatable bonds is 8. The molecule has 1 atom stereocenters. The van der Waals surface area contributed by atoms with Crippen LogP contribution in [0.15, 0.2) is 24.3 Å². The number of nitro benzene ring substituents is 1. The summed E-state index contributed by atoms with van der Waals surface area (Å²) in [6.07, 6.45) is 0.214. The van der Waals surface area contributed by atoms with Crippen molar-refractivity contribution in [2.75, 3.05) is 13.2 Å². The lowest BCUT2D eigenvalue weighted by atomic mass is 9.82. The van der Waals surface area contributed by atoms with E-state index in [2.05, 4.69) is 39.9 Å². The summed E-state index contributed by atoms with van der Waals surface area (Å²) in [5.74, 6) is 0.172. The first-order valence-electron chi connectivity index (χ1n) is 7.79. The van der Waals surface area contributed by atoms with Gasteiger partial charge in [0.15, 0.2) is 5.75 Å². The molecule has 6 heteroatoms. The minimum Gasteiger partial charge on any atom is -0.484 e. The van der Waals surface area contributed by atoms with Crippen LogP contribution in [0.4, 0.5) is 5.69 Å². The number of nitrogens with one attached hydrogen (secondary N) is 1. The third-order valence-electron chi connectivity index (χ3n) is 3.28. The Labute approximate surface area is 138 Å². The topological polar surface area (TPSA) is 84.6 Å². The first kappa shape index (κ1) is 19.4. The van der Waals surface area contributed by atoms with Gasteiger partial charge in [0.2, 0.25) is 0 Å². The number of aliphatic hydroxyl groups excluding tert-OH is 1. The molecule has 1 aromatic carbocycles. The molecule has 0 saturated carbocycles. The van der Waals surface area contributed by atoms with Crippen LogP contribution in [0, 0.1) is 15.5 Å². The second-order valence-electron chi connectivity index (χ2n) is 7.69. The number of nitrogens with zero attached hydrogens (tertiary/aromatic N) is 1. The molecule has 0 radical (unpaired) electrons. The second kappa shape index (κ2) is 7.75. The number of β-amino-alcohol motifs (C(OH)–C–C–N with tert-alkyl or cyclic N) is 1. The molecule has 0 fully saturated rings. The van der Waals surface area contributed by atoms with Gasteiger partial charge in [-0.25, -0.2) is 0 Å². The van der Waals surface area contributed by atoms with Crippen molar-refractivity contribution in [2.24, 2.45) is 5.41 Å². The summed E-state index contributed by atoms with van der Waals surface area (Å²) < 4.78 is 5.39. The van der Waals surface area contributed by atoms with Gasteiger partial charge in [-0.2, -0.15) is 0 Å². The van der Waals surface area contributed by atoms with Gasteiger partial charge in [-0.3, -0.25) is 10.1 Å². The smallest absolute Gasteiger partial charge is 0.310 e. The van der Waals surface area contributed by atoms with Crippen LogP contribution in [-0.2, 0) is 0 Å². The molecular weight excluding hydrogens is 296 g/mol. The zero-order valence-corrected chi connectivity index (χ0v) is 14.6. The molecule has 2 N–H and O–H groups in total. The summed E-state index contributed by atoms with van der Waals surface area (Å²) in [4.78, 5) is 10.4. The van der Waals surface area contributed by atoms with Crippen molar-refractivity contribution in [3.63, 3.8) is 0 Å². The van der Waals surface area contributed by atoms with E-state index in [1.165, 1.54) is 12.1 Å². The molecule has 0 aromatic heterocycles. The van der Waals surface area contributed by atoms with Crippen LogP contribution in [0.25, 0.3) is 0 Å². The lowest BCUT2D eigenvalue weighted by Crippen LogP contribution is -2.46. The van der Waals surface area contributed by atoms with E-state index in [0.717, 1.165) is 6.42 Å². The summed E-state index contributed by atoms with van der Waals surface area (Å²) in [6.45, 7) is 11.1. The maximum atomic E-state index is 10.9. The third kappa shape index (κ3) is 7.43. The van der Waals surface area contributed by atoms with Crippen molar-refractivity contribution in [1.82, 2.24) is 5.32 Å². The van der Waals surface area contributed by atoms with Crippen molar-refractivity contribution in [3.05, 3.63) is 34.4 Å². The molecule has 0 spiro atoms. The second-order valence-corrected chi connectivity index (χ2v) is 7.69. The fourth-order valence-corrected chi connectivity index (χ4v) is 2.76. The van der Waals surface area contributed by atoms with Crippen LogP contribution in [0.5, 0.6) is 5.75 Å². The van der Waals surface area contributed by atoms with Crippen LogP contribution >= 0.6 is 0 Å². The summed E-state index contributed by atoms with van der Waals surface area (Å²) in [6, 6.07) is 6.16. The Balaban J connectivity index is 2.49. The maximum Gasteiger partial charge on any atom is 0.310 e. The Bertz CT molecular complexity index is 524. The predicted molar refractivity (Wildman–Crippen MR) is 90.8 cm³/mol. The van der Waals surface area contributed by atoms with Gasteiger partial charge in [-0.05, 0) is 31.7 Å². The van der Waals surface area contributed by atoms with Gasteiger partial charge in [0.05, 0.1) is 4.92 Å². The number of para-hydroxylation sites is 2. The largest absolute Gasteiger partial charge is 0.484 e. The van der Waals surface area contributed by atoms with E-state index in [1.807, 2.05) is 0 Å². The SMILES string of the molecule is CC(C)(C)CC(C)(C)NCC(O)COc1ccccc1[N+](=O)[O-]. The first-order chi connectivity index (χ1) is 10.5. The highest BCUT2D eigenvalue weighted by Crippen LogP contribution is 2.27. The van der Waals surface area contributed by atoms with E-state index in [4.69, 9.17) is 4.74 Å². The van der Waals surface area contributed by atoms with Gasteiger partial charge in [0.25, 0.3) is 0 Å². The quantitative estimate of drug-likeness (QED) is 0.567. The monoisotopic (exact) mass is 324 g/mol. The van der Waals surface area contributed by atoms with Crippen LogP contribution in [0.1, 0.15) is 41.0 Å². The molecule has 130 valence electrons. The molecule has 1 rings (SSSR count). The minimum absolute atomic E-state index is 0.00342. The minimum atomic E-state index is -0.742. The summed E-state index contributed by atoms with van der Waals surface area (Å²) in [5.41, 5.74) is -0.0265. The molecule has 0 heterocycles. The van der Waals surface area contributed by atoms with Crippen molar-refractivity contribution in [2.45, 2.75) is 52.7 Å². The fourth-order valence-electron chi connectivity index (χ4n) is 2.76. The van der Waals surface area contributed by atoms with E-state index in [-0.39, 0.29) is 29.0 Å². The number of hydrogen-bond donors (Lipinski definition) is 2. The zero-order valence-electron chi connectivity index (χ0n) is 14.6. The van der Waals surface area contributed by atoms with E-state index >= 15 is 0 Å². The van der Waals surface area contributed by atoms with Gasteiger partial charge >= 0.3 is 5.69 Å². The Kier molecular flexibility index (Phi) is 6.53. The molecule has 1 unspecified atom stereocenters. The number of ether oxygens (including phenoxy) is 1. The van der Waals surface area contributed by atoms with Crippen LogP contribution < -0.4 is 10.1 Å². The van der Waals surface area contributed by atoms with Crippen molar-refractivity contribution >= 4 is 5.69 Å². The average Bonchev–Trinajstić information content (AvgIpc) is 2.40. The van der Waals surface area contributed by atoms with Gasteiger partial charge in [-0.15, -0.1) is 0 Å². The highest BCUT2D eigenvalue weighted by Gasteiger charge is 2.25. The normalized spacial score (nSPS) is 13.7. The summed E-state index contributed by atoms with van der Waals surface area (Å²) in [5, 5.41) is 24.3. The lowest BCUT2D eigenvalue weighted by molar-refractivity contribution is -0.385. The van der Waals surface area contributed by atoms with Crippen molar-refractivity contribution < 1.29 is 14.8 Å². The molecule has 0 bridgehead atoms. The summed E-state index contributed by atoms with van der Waals surface area (Å²) in [7, 11) is 0. The van der Waals surface area contributed by atoms with E-state index in [1.54, 1.807) is 12.1 Å². The molecule has 23 heavy (non-hydrogen) atoms. The van der Waals surface area contributed by atoms with Crippen LogP contribution in [-0.4, -0.2) is 34.8 Å². The Hall–Kier alpha value is -1.66. The van der Waals surface area contributed by atoms with Gasteiger partial charge in [0, 0.05) is 18.2 Å². The lowest BCUT2D eigenvalue weighted by Gasteiger charge is -2.34. The van der Waals surface area contributed by atoms with Gasteiger partial charge in [0.1, 0.15) is 12.7 Å². The molecular formula is C17H28N2O4. The molecule has 0 aliphatic rings. The predicted octanol–water partition coefficient (Wildman–Crippen LogP) is 3.14. The number of benzene rings is 1. The molecule has 1 aromatic rings. The van der Waals surface area contributed by atoms with E-state index < -0.39 is 11.0 Å².